The van der Waals surface area contributed by atoms with E-state index in [9.17, 15) is 17.2 Å². The first kappa shape index (κ1) is 13.5. The Balaban J connectivity index is 3.53. The van der Waals surface area contributed by atoms with Gasteiger partial charge in [-0.2, -0.15) is 0 Å². The first-order chi connectivity index (χ1) is 7.27. The molecule has 0 saturated heterocycles. The lowest BCUT2D eigenvalue weighted by atomic mass is 10.3. The van der Waals surface area contributed by atoms with Gasteiger partial charge in [0.2, 0.25) is 15.9 Å². The highest BCUT2D eigenvalue weighted by atomic mass is 127. The molecule has 1 aromatic rings. The minimum Gasteiger partial charge on any atom is -0.480 e. The molecule has 1 heterocycles. The smallest absolute Gasteiger partial charge is 0.280 e. The average Bonchev–Trinajstić information content (AvgIpc) is 2.14. The summed E-state index contributed by atoms with van der Waals surface area (Å²) in [5, 5.41) is 4.92. The summed E-state index contributed by atoms with van der Waals surface area (Å²) < 4.78 is 51.8. The summed E-state index contributed by atoms with van der Waals surface area (Å²) in [5.41, 5.74) is -0.561. The minimum absolute atomic E-state index is 0.0438. The van der Waals surface area contributed by atoms with E-state index in [1.807, 2.05) is 0 Å². The van der Waals surface area contributed by atoms with E-state index in [-0.39, 0.29) is 8.47 Å². The van der Waals surface area contributed by atoms with Crippen LogP contribution in [0.5, 0.6) is 5.88 Å². The molecule has 1 rings (SSSR count). The number of rotatable bonds is 3. The summed E-state index contributed by atoms with van der Waals surface area (Å²) in [4.78, 5) is 2.99. The first-order valence-electron chi connectivity index (χ1n) is 3.82. The Bertz CT molecular complexity index is 507. The van der Waals surface area contributed by atoms with Gasteiger partial charge in [-0.25, -0.2) is 27.3 Å². The van der Waals surface area contributed by atoms with Gasteiger partial charge in [0.1, 0.15) is 5.69 Å². The number of nitrogens with zero attached hydrogens (tertiary/aromatic N) is 1. The van der Waals surface area contributed by atoms with Crippen molar-refractivity contribution in [3.8, 4) is 5.88 Å². The van der Waals surface area contributed by atoms with Crippen molar-refractivity contribution >= 4 is 32.6 Å². The highest BCUT2D eigenvalue weighted by molar-refractivity contribution is 14.1. The maximum atomic E-state index is 12.4. The maximum absolute atomic E-state index is 12.4. The molecule has 0 amide bonds. The lowest BCUT2D eigenvalue weighted by Gasteiger charge is -2.09. The van der Waals surface area contributed by atoms with Gasteiger partial charge in [0.25, 0.3) is 6.43 Å². The molecule has 1 aromatic heterocycles. The van der Waals surface area contributed by atoms with Gasteiger partial charge < -0.3 is 4.74 Å². The molecular formula is C7H7F2IN2O3S. The summed E-state index contributed by atoms with van der Waals surface area (Å²) in [6.45, 7) is 0. The van der Waals surface area contributed by atoms with Crippen LogP contribution in [0.4, 0.5) is 8.78 Å². The van der Waals surface area contributed by atoms with Gasteiger partial charge in [0.15, 0.2) is 4.90 Å². The summed E-state index contributed by atoms with van der Waals surface area (Å²) >= 11 is 1.58. The van der Waals surface area contributed by atoms with Crippen LogP contribution < -0.4 is 9.88 Å². The van der Waals surface area contributed by atoms with Crippen molar-refractivity contribution in [2.24, 2.45) is 5.14 Å². The molecule has 0 aliphatic carbocycles. The van der Waals surface area contributed by atoms with Crippen molar-refractivity contribution in [3.63, 3.8) is 0 Å². The minimum atomic E-state index is -4.06. The highest BCUT2D eigenvalue weighted by Crippen LogP contribution is 2.29. The van der Waals surface area contributed by atoms with Gasteiger partial charge in [-0.1, -0.05) is 0 Å². The van der Waals surface area contributed by atoms with Gasteiger partial charge in [-0.3, -0.25) is 0 Å². The number of pyridine rings is 1. The van der Waals surface area contributed by atoms with Crippen molar-refractivity contribution in [1.82, 2.24) is 4.98 Å². The summed E-state index contributed by atoms with van der Waals surface area (Å²) in [6, 6.07) is 0.952. The number of alkyl halides is 2. The fraction of sp³-hybridized carbons (Fsp3) is 0.286. The second-order valence-corrected chi connectivity index (χ2v) is 5.37. The zero-order chi connectivity index (χ0) is 12.5. The standard InChI is InChI=1S/C7H7F2IN2O3S/c1-15-7-5(16(11,13)14)3(10)2-4(12-7)6(8)9/h2,6H,1H3,(H2,11,13,14). The first-order valence-corrected chi connectivity index (χ1v) is 6.45. The Morgan fingerprint density at radius 2 is 2.12 bits per heavy atom. The van der Waals surface area contributed by atoms with Crippen molar-refractivity contribution in [1.29, 1.82) is 0 Å². The number of primary sulfonamides is 1. The maximum Gasteiger partial charge on any atom is 0.280 e. The molecule has 0 unspecified atom stereocenters. The fourth-order valence-corrected chi connectivity index (χ4v) is 3.18. The second-order valence-electron chi connectivity index (χ2n) is 2.71. The number of hydrogen-bond acceptors (Lipinski definition) is 4. The van der Waals surface area contributed by atoms with Crippen LogP contribution in [0.2, 0.25) is 0 Å². The van der Waals surface area contributed by atoms with Crippen LogP contribution in [-0.2, 0) is 10.0 Å². The van der Waals surface area contributed by atoms with Gasteiger partial charge in [-0.05, 0) is 28.7 Å². The Morgan fingerprint density at radius 1 is 1.56 bits per heavy atom. The molecule has 9 heteroatoms. The van der Waals surface area contributed by atoms with Crippen molar-refractivity contribution < 1.29 is 21.9 Å². The molecule has 0 aromatic carbocycles. The predicted molar refractivity (Wildman–Crippen MR) is 59.8 cm³/mol. The van der Waals surface area contributed by atoms with E-state index in [4.69, 9.17) is 5.14 Å². The van der Waals surface area contributed by atoms with Crippen LogP contribution in [0.1, 0.15) is 12.1 Å². The molecule has 0 aliphatic rings. The van der Waals surface area contributed by atoms with Gasteiger partial charge in [0.05, 0.1) is 7.11 Å². The molecule has 0 saturated carbocycles. The normalized spacial score (nSPS) is 11.9. The lowest BCUT2D eigenvalue weighted by Crippen LogP contribution is -2.16. The number of ether oxygens (including phenoxy) is 1. The van der Waals surface area contributed by atoms with Crippen molar-refractivity contribution in [2.45, 2.75) is 11.3 Å². The Morgan fingerprint density at radius 3 is 2.50 bits per heavy atom. The van der Waals surface area contributed by atoms with Gasteiger partial charge in [0, 0.05) is 3.57 Å². The van der Waals surface area contributed by atoms with E-state index in [2.05, 4.69) is 9.72 Å². The average molecular weight is 364 g/mol. The highest BCUT2D eigenvalue weighted by Gasteiger charge is 2.23. The van der Waals surface area contributed by atoms with E-state index < -0.39 is 28.0 Å². The molecule has 2 N–H and O–H groups in total. The van der Waals surface area contributed by atoms with Crippen LogP contribution >= 0.6 is 22.6 Å². The van der Waals surface area contributed by atoms with E-state index in [0.717, 1.165) is 13.2 Å². The molecule has 16 heavy (non-hydrogen) atoms. The lowest BCUT2D eigenvalue weighted by molar-refractivity contribution is 0.144. The number of aromatic nitrogens is 1. The Hall–Kier alpha value is -0.550. The summed E-state index contributed by atoms with van der Waals surface area (Å²) in [7, 11) is -2.93. The number of hydrogen-bond donors (Lipinski definition) is 1. The van der Waals surface area contributed by atoms with Crippen LogP contribution in [0.25, 0.3) is 0 Å². The molecule has 0 spiro atoms. The molecule has 0 fully saturated rings. The largest absolute Gasteiger partial charge is 0.480 e. The monoisotopic (exact) mass is 364 g/mol. The number of methoxy groups -OCH3 is 1. The molecule has 0 aliphatic heterocycles. The van der Waals surface area contributed by atoms with E-state index >= 15 is 0 Å². The number of nitrogens with two attached hydrogens (primary N) is 1. The topological polar surface area (TPSA) is 82.3 Å². The van der Waals surface area contributed by atoms with Gasteiger partial charge >= 0.3 is 0 Å². The van der Waals surface area contributed by atoms with E-state index in [0.29, 0.717) is 0 Å². The third kappa shape index (κ3) is 2.77. The van der Waals surface area contributed by atoms with Crippen molar-refractivity contribution in [3.05, 3.63) is 15.3 Å². The zero-order valence-corrected chi connectivity index (χ0v) is 10.9. The van der Waals surface area contributed by atoms with E-state index in [1.165, 1.54) is 0 Å². The second kappa shape index (κ2) is 4.75. The number of halogens is 3. The molecule has 0 atom stereocenters. The van der Waals surface area contributed by atoms with Crippen LogP contribution in [-0.4, -0.2) is 20.5 Å². The van der Waals surface area contributed by atoms with Crippen LogP contribution in [0.3, 0.4) is 0 Å². The molecule has 0 radical (unpaired) electrons. The molecular weight excluding hydrogens is 357 g/mol. The zero-order valence-electron chi connectivity index (χ0n) is 7.95. The summed E-state index contributed by atoms with van der Waals surface area (Å²) in [6.07, 6.45) is -2.81. The number of sulfonamides is 1. The quantitative estimate of drug-likeness (QED) is 0.820. The Kier molecular flexibility index (Phi) is 4.02. The molecule has 0 bridgehead atoms. The molecule has 5 nitrogen and oxygen atoms in total. The Labute approximate surface area is 104 Å². The SMILES string of the molecule is COc1nc(C(F)F)cc(I)c1S(N)(=O)=O. The predicted octanol–water partition coefficient (Wildman–Crippen LogP) is 1.28. The third-order valence-electron chi connectivity index (χ3n) is 1.62. The van der Waals surface area contributed by atoms with Crippen LogP contribution in [0.15, 0.2) is 11.0 Å². The molecule has 90 valence electrons. The van der Waals surface area contributed by atoms with Crippen LogP contribution in [0, 0.1) is 3.57 Å². The van der Waals surface area contributed by atoms with E-state index in [1.54, 1.807) is 22.6 Å². The fourth-order valence-electron chi connectivity index (χ4n) is 1.01. The van der Waals surface area contributed by atoms with Crippen molar-refractivity contribution in [2.75, 3.05) is 7.11 Å². The third-order valence-corrected chi connectivity index (χ3v) is 3.80. The van der Waals surface area contributed by atoms with Gasteiger partial charge in [-0.15, -0.1) is 0 Å². The summed E-state index contributed by atoms with van der Waals surface area (Å²) in [5.74, 6) is -0.426.